The number of carbonyl (C=O) groups excluding carboxylic acids is 1. The maximum absolute atomic E-state index is 12.9. The first kappa shape index (κ1) is 14.4. The first-order valence-corrected chi connectivity index (χ1v) is 5.77. The van der Waals surface area contributed by atoms with Crippen molar-refractivity contribution in [3.63, 3.8) is 0 Å². The molecule has 1 atom stereocenters. The largest absolute Gasteiger partial charge is 0.394 e. The number of rotatable bonds is 3. The van der Waals surface area contributed by atoms with Crippen molar-refractivity contribution in [3.05, 3.63) is 30.1 Å². The van der Waals surface area contributed by atoms with Crippen molar-refractivity contribution in [2.75, 3.05) is 11.9 Å². The average Bonchev–Trinajstić information content (AvgIpc) is 2.24. The van der Waals surface area contributed by atoms with Crippen LogP contribution in [0.1, 0.15) is 20.8 Å². The van der Waals surface area contributed by atoms with E-state index in [0.717, 1.165) is 0 Å². The van der Waals surface area contributed by atoms with Gasteiger partial charge in [0.25, 0.3) is 0 Å². The van der Waals surface area contributed by atoms with Gasteiger partial charge in [-0.25, -0.2) is 9.18 Å². The van der Waals surface area contributed by atoms with Gasteiger partial charge in [-0.1, -0.05) is 26.8 Å². The highest BCUT2D eigenvalue weighted by atomic mass is 19.1. The van der Waals surface area contributed by atoms with Crippen LogP contribution in [0.15, 0.2) is 24.3 Å². The first-order chi connectivity index (χ1) is 8.32. The minimum absolute atomic E-state index is 0.153. The van der Waals surface area contributed by atoms with E-state index in [1.807, 2.05) is 20.8 Å². The predicted octanol–water partition coefficient (Wildman–Crippen LogP) is 2.35. The lowest BCUT2D eigenvalue weighted by atomic mass is 9.87. The van der Waals surface area contributed by atoms with Crippen LogP contribution in [-0.2, 0) is 0 Å². The molecule has 0 aliphatic rings. The number of anilines is 1. The SMILES string of the molecule is CC(C)(C)[C@@H](CO)NC(=O)Nc1cccc(F)c1. The zero-order valence-corrected chi connectivity index (χ0v) is 10.8. The number of nitrogens with one attached hydrogen (secondary N) is 2. The van der Waals surface area contributed by atoms with Crippen LogP contribution in [-0.4, -0.2) is 23.8 Å². The molecule has 3 N–H and O–H groups in total. The van der Waals surface area contributed by atoms with Gasteiger partial charge in [0.2, 0.25) is 0 Å². The summed E-state index contributed by atoms with van der Waals surface area (Å²) >= 11 is 0. The summed E-state index contributed by atoms with van der Waals surface area (Å²) in [7, 11) is 0. The first-order valence-electron chi connectivity index (χ1n) is 5.77. The molecule has 0 fully saturated rings. The molecule has 0 saturated heterocycles. The number of aliphatic hydroxyl groups excluding tert-OH is 1. The maximum atomic E-state index is 12.9. The summed E-state index contributed by atoms with van der Waals surface area (Å²) < 4.78 is 12.9. The molecule has 0 spiro atoms. The van der Waals surface area contributed by atoms with Gasteiger partial charge in [0.15, 0.2) is 0 Å². The quantitative estimate of drug-likeness (QED) is 0.775. The Bertz CT molecular complexity index is 416. The van der Waals surface area contributed by atoms with Crippen LogP contribution < -0.4 is 10.6 Å². The second kappa shape index (κ2) is 5.82. The third kappa shape index (κ3) is 4.33. The van der Waals surface area contributed by atoms with Gasteiger partial charge < -0.3 is 15.7 Å². The molecule has 1 rings (SSSR count). The molecule has 0 aliphatic heterocycles. The van der Waals surface area contributed by atoms with E-state index in [9.17, 15) is 14.3 Å². The molecule has 100 valence electrons. The lowest BCUT2D eigenvalue weighted by molar-refractivity contribution is 0.162. The van der Waals surface area contributed by atoms with Gasteiger partial charge >= 0.3 is 6.03 Å². The fourth-order valence-electron chi connectivity index (χ4n) is 1.43. The minimum Gasteiger partial charge on any atom is -0.394 e. The summed E-state index contributed by atoms with van der Waals surface area (Å²) in [6.07, 6.45) is 0. The molecule has 0 unspecified atom stereocenters. The van der Waals surface area contributed by atoms with Gasteiger partial charge in [0.1, 0.15) is 5.82 Å². The highest BCUT2D eigenvalue weighted by Gasteiger charge is 2.25. The number of hydrogen-bond acceptors (Lipinski definition) is 2. The number of hydrogen-bond donors (Lipinski definition) is 3. The van der Waals surface area contributed by atoms with E-state index in [1.54, 1.807) is 6.07 Å². The summed E-state index contributed by atoms with van der Waals surface area (Å²) in [5.74, 6) is -0.415. The lowest BCUT2D eigenvalue weighted by Gasteiger charge is -2.29. The minimum atomic E-state index is -0.463. The van der Waals surface area contributed by atoms with E-state index in [4.69, 9.17) is 0 Å². The van der Waals surface area contributed by atoms with Gasteiger partial charge in [-0.3, -0.25) is 0 Å². The number of aliphatic hydroxyl groups is 1. The number of carbonyl (C=O) groups is 1. The fraction of sp³-hybridized carbons (Fsp3) is 0.462. The zero-order valence-electron chi connectivity index (χ0n) is 10.8. The number of urea groups is 1. The molecular weight excluding hydrogens is 235 g/mol. The standard InChI is InChI=1S/C13H19FN2O2/c1-13(2,3)11(8-17)16-12(18)15-10-6-4-5-9(14)7-10/h4-7,11,17H,8H2,1-3H3,(H2,15,16,18)/t11-/m1/s1. The Morgan fingerprint density at radius 2 is 2.11 bits per heavy atom. The van der Waals surface area contributed by atoms with Gasteiger partial charge in [-0.2, -0.15) is 0 Å². The third-order valence-corrected chi connectivity index (χ3v) is 2.62. The van der Waals surface area contributed by atoms with Crippen LogP contribution in [0.25, 0.3) is 0 Å². The molecule has 2 amide bonds. The molecule has 1 aromatic carbocycles. The zero-order chi connectivity index (χ0) is 13.8. The molecule has 0 bridgehead atoms. The third-order valence-electron chi connectivity index (χ3n) is 2.62. The highest BCUT2D eigenvalue weighted by molar-refractivity contribution is 5.89. The van der Waals surface area contributed by atoms with Crippen LogP contribution in [0.2, 0.25) is 0 Å². The topological polar surface area (TPSA) is 61.4 Å². The van der Waals surface area contributed by atoms with Crippen LogP contribution in [0.5, 0.6) is 0 Å². The maximum Gasteiger partial charge on any atom is 0.319 e. The van der Waals surface area contributed by atoms with Crippen molar-refractivity contribution in [2.45, 2.75) is 26.8 Å². The van der Waals surface area contributed by atoms with Crippen LogP contribution in [0, 0.1) is 11.2 Å². The number of amides is 2. The number of halogens is 1. The Labute approximate surface area is 106 Å². The van der Waals surface area contributed by atoms with E-state index in [0.29, 0.717) is 5.69 Å². The van der Waals surface area contributed by atoms with Crippen LogP contribution >= 0.6 is 0 Å². The van der Waals surface area contributed by atoms with E-state index < -0.39 is 11.8 Å². The molecule has 0 aliphatic carbocycles. The van der Waals surface area contributed by atoms with E-state index in [2.05, 4.69) is 10.6 Å². The van der Waals surface area contributed by atoms with Crippen molar-refractivity contribution >= 4 is 11.7 Å². The van der Waals surface area contributed by atoms with E-state index in [1.165, 1.54) is 18.2 Å². The van der Waals surface area contributed by atoms with Gasteiger partial charge in [0, 0.05) is 5.69 Å². The van der Waals surface area contributed by atoms with Crippen molar-refractivity contribution in [2.24, 2.45) is 5.41 Å². The fourth-order valence-corrected chi connectivity index (χ4v) is 1.43. The second-order valence-corrected chi connectivity index (χ2v) is 5.21. The smallest absolute Gasteiger partial charge is 0.319 e. The van der Waals surface area contributed by atoms with E-state index >= 15 is 0 Å². The Hall–Kier alpha value is -1.62. The molecular formula is C13H19FN2O2. The van der Waals surface area contributed by atoms with Gasteiger partial charge in [-0.05, 0) is 23.6 Å². The summed E-state index contributed by atoms with van der Waals surface area (Å²) in [5, 5.41) is 14.4. The lowest BCUT2D eigenvalue weighted by Crippen LogP contribution is -2.47. The van der Waals surface area contributed by atoms with Gasteiger partial charge in [0.05, 0.1) is 12.6 Å². The molecule has 1 aromatic rings. The molecule has 5 heteroatoms. The van der Waals surface area contributed by atoms with Crippen molar-refractivity contribution < 1.29 is 14.3 Å². The molecule has 18 heavy (non-hydrogen) atoms. The van der Waals surface area contributed by atoms with E-state index in [-0.39, 0.29) is 18.1 Å². The summed E-state index contributed by atoms with van der Waals surface area (Å²) in [5.41, 5.74) is 0.117. The monoisotopic (exact) mass is 254 g/mol. The summed E-state index contributed by atoms with van der Waals surface area (Å²) in [6.45, 7) is 5.59. The van der Waals surface area contributed by atoms with Crippen molar-refractivity contribution in [3.8, 4) is 0 Å². The normalized spacial score (nSPS) is 12.9. The Balaban J connectivity index is 2.61. The Morgan fingerprint density at radius 3 is 2.61 bits per heavy atom. The van der Waals surface area contributed by atoms with Crippen LogP contribution in [0.4, 0.5) is 14.9 Å². The Morgan fingerprint density at radius 1 is 1.44 bits per heavy atom. The van der Waals surface area contributed by atoms with Crippen molar-refractivity contribution in [1.29, 1.82) is 0 Å². The molecule has 0 heterocycles. The molecule has 4 nitrogen and oxygen atoms in total. The second-order valence-electron chi connectivity index (χ2n) is 5.21. The molecule has 0 aromatic heterocycles. The number of benzene rings is 1. The molecule has 0 saturated carbocycles. The van der Waals surface area contributed by atoms with Crippen molar-refractivity contribution in [1.82, 2.24) is 5.32 Å². The average molecular weight is 254 g/mol. The summed E-state index contributed by atoms with van der Waals surface area (Å²) in [6, 6.07) is 4.80. The molecule has 0 radical (unpaired) electrons. The summed E-state index contributed by atoms with van der Waals surface area (Å²) in [4.78, 5) is 11.7. The predicted molar refractivity (Wildman–Crippen MR) is 68.9 cm³/mol. The highest BCUT2D eigenvalue weighted by Crippen LogP contribution is 2.19. The van der Waals surface area contributed by atoms with Gasteiger partial charge in [-0.15, -0.1) is 0 Å². The Kier molecular flexibility index (Phi) is 4.67. The van der Waals surface area contributed by atoms with Crippen LogP contribution in [0.3, 0.4) is 0 Å².